The Morgan fingerprint density at radius 3 is 2.32 bits per heavy atom. The lowest BCUT2D eigenvalue weighted by Gasteiger charge is -2.31. The number of benzene rings is 2. The summed E-state index contributed by atoms with van der Waals surface area (Å²) in [6.45, 7) is 2.13. The normalized spacial score (nSPS) is 15.6. The number of hydrogen-bond donors (Lipinski definition) is 1. The van der Waals surface area contributed by atoms with E-state index in [1.165, 1.54) is 16.8 Å². The van der Waals surface area contributed by atoms with Crippen LogP contribution in [0.4, 0.5) is 19.1 Å². The predicted molar refractivity (Wildman–Crippen MR) is 134 cm³/mol. The standard InChI is InChI=1S/C26H25ClF3N5O2/c27-20-9-5-18(6-10-20)23(36)33-14-11-22-21(16-33)24(37)35(34-12-1-2-13-34)25(32-22)31-15-17-3-7-19(8-4-17)26(28,29)30/h3-10H,1-2,11-16H2,(H,31,32). The monoisotopic (exact) mass is 531 g/mol. The lowest BCUT2D eigenvalue weighted by atomic mass is 10.1. The third-order valence-electron chi connectivity index (χ3n) is 6.68. The molecule has 0 spiro atoms. The molecule has 1 fully saturated rings. The molecule has 3 heterocycles. The van der Waals surface area contributed by atoms with E-state index < -0.39 is 11.7 Å². The van der Waals surface area contributed by atoms with Crippen LogP contribution >= 0.6 is 11.6 Å². The van der Waals surface area contributed by atoms with Crippen molar-refractivity contribution in [3.63, 3.8) is 0 Å². The Morgan fingerprint density at radius 1 is 1.00 bits per heavy atom. The summed E-state index contributed by atoms with van der Waals surface area (Å²) in [6.07, 6.45) is -2.11. The molecule has 1 saturated heterocycles. The maximum atomic E-state index is 13.7. The molecule has 0 unspecified atom stereocenters. The van der Waals surface area contributed by atoms with Gasteiger partial charge in [-0.1, -0.05) is 23.7 Å². The number of fused-ring (bicyclic) bond motifs is 1. The van der Waals surface area contributed by atoms with Crippen LogP contribution in [-0.2, 0) is 25.7 Å². The van der Waals surface area contributed by atoms with Gasteiger partial charge in [0.15, 0.2) is 0 Å². The zero-order valence-electron chi connectivity index (χ0n) is 19.9. The second-order valence-corrected chi connectivity index (χ2v) is 9.61. The molecule has 37 heavy (non-hydrogen) atoms. The average Bonchev–Trinajstić information content (AvgIpc) is 3.41. The van der Waals surface area contributed by atoms with Crippen molar-refractivity contribution in [1.29, 1.82) is 0 Å². The van der Waals surface area contributed by atoms with E-state index in [1.54, 1.807) is 29.2 Å². The average molecular weight is 532 g/mol. The Kier molecular flexibility index (Phi) is 6.85. The number of halogens is 4. The van der Waals surface area contributed by atoms with Gasteiger partial charge in [0.1, 0.15) is 0 Å². The molecule has 1 aromatic heterocycles. The Balaban J connectivity index is 1.41. The minimum absolute atomic E-state index is 0.148. The van der Waals surface area contributed by atoms with Gasteiger partial charge in [-0.05, 0) is 54.8 Å². The van der Waals surface area contributed by atoms with Crippen LogP contribution in [0, 0.1) is 0 Å². The first-order chi connectivity index (χ1) is 17.7. The summed E-state index contributed by atoms with van der Waals surface area (Å²) in [4.78, 5) is 33.1. The van der Waals surface area contributed by atoms with Gasteiger partial charge in [-0.3, -0.25) is 9.59 Å². The number of nitrogens with one attached hydrogen (secondary N) is 1. The van der Waals surface area contributed by atoms with Crippen molar-refractivity contribution in [3.8, 4) is 0 Å². The van der Waals surface area contributed by atoms with E-state index in [4.69, 9.17) is 16.6 Å². The SMILES string of the molecule is O=C(c1ccc(Cl)cc1)N1CCc2nc(NCc3ccc(C(F)(F)F)cc3)n(N3CCCC3)c(=O)c2C1. The number of carbonyl (C=O) groups excluding carboxylic acids is 1. The Labute approximate surface area is 216 Å². The zero-order valence-corrected chi connectivity index (χ0v) is 20.6. The molecule has 0 atom stereocenters. The largest absolute Gasteiger partial charge is 0.416 e. The molecule has 5 rings (SSSR count). The summed E-state index contributed by atoms with van der Waals surface area (Å²) >= 11 is 5.94. The number of carbonyl (C=O) groups is 1. The summed E-state index contributed by atoms with van der Waals surface area (Å²) in [5.41, 5.74) is 1.27. The van der Waals surface area contributed by atoms with Crippen LogP contribution in [0.25, 0.3) is 0 Å². The van der Waals surface area contributed by atoms with E-state index in [0.717, 1.165) is 25.0 Å². The molecular weight excluding hydrogens is 507 g/mol. The fourth-order valence-corrected chi connectivity index (χ4v) is 4.81. The summed E-state index contributed by atoms with van der Waals surface area (Å²) in [7, 11) is 0. The van der Waals surface area contributed by atoms with Crippen molar-refractivity contribution in [2.75, 3.05) is 30.0 Å². The number of amides is 1. The smallest absolute Gasteiger partial charge is 0.350 e. The van der Waals surface area contributed by atoms with Gasteiger partial charge in [-0.2, -0.15) is 17.8 Å². The van der Waals surface area contributed by atoms with E-state index >= 15 is 0 Å². The van der Waals surface area contributed by atoms with Crippen LogP contribution in [0.2, 0.25) is 5.02 Å². The minimum Gasteiger partial charge on any atom is -0.350 e. The van der Waals surface area contributed by atoms with Crippen LogP contribution in [0.3, 0.4) is 0 Å². The van der Waals surface area contributed by atoms with Gasteiger partial charge in [0.05, 0.1) is 23.4 Å². The summed E-state index contributed by atoms with van der Waals surface area (Å²) in [5, 5.41) is 5.61. The van der Waals surface area contributed by atoms with E-state index in [-0.39, 0.29) is 24.6 Å². The molecule has 7 nitrogen and oxygen atoms in total. The van der Waals surface area contributed by atoms with Gasteiger partial charge in [-0.25, -0.2) is 4.98 Å². The Morgan fingerprint density at radius 2 is 1.68 bits per heavy atom. The molecule has 0 saturated carbocycles. The van der Waals surface area contributed by atoms with Gasteiger partial charge < -0.3 is 15.2 Å². The fraction of sp³-hybridized carbons (Fsp3) is 0.346. The van der Waals surface area contributed by atoms with Crippen LogP contribution in [-0.4, -0.2) is 40.1 Å². The van der Waals surface area contributed by atoms with E-state index in [2.05, 4.69) is 5.32 Å². The molecule has 11 heteroatoms. The highest BCUT2D eigenvalue weighted by Crippen LogP contribution is 2.29. The van der Waals surface area contributed by atoms with Crippen LogP contribution in [0.1, 0.15) is 45.6 Å². The van der Waals surface area contributed by atoms with Crippen molar-refractivity contribution in [2.24, 2.45) is 0 Å². The molecule has 3 aromatic rings. The first-order valence-corrected chi connectivity index (χ1v) is 12.4. The second kappa shape index (κ2) is 10.1. The number of hydrogen-bond acceptors (Lipinski definition) is 5. The summed E-state index contributed by atoms with van der Waals surface area (Å²) in [6, 6.07) is 11.5. The summed E-state index contributed by atoms with van der Waals surface area (Å²) < 4.78 is 40.2. The molecule has 194 valence electrons. The topological polar surface area (TPSA) is 70.5 Å². The lowest BCUT2D eigenvalue weighted by molar-refractivity contribution is -0.137. The number of rotatable bonds is 5. The van der Waals surface area contributed by atoms with E-state index in [9.17, 15) is 22.8 Å². The number of nitrogens with zero attached hydrogens (tertiary/aromatic N) is 4. The van der Waals surface area contributed by atoms with Crippen molar-refractivity contribution < 1.29 is 18.0 Å². The maximum Gasteiger partial charge on any atom is 0.416 e. The molecule has 0 radical (unpaired) electrons. The predicted octanol–water partition coefficient (Wildman–Crippen LogP) is 4.46. The molecule has 0 bridgehead atoms. The van der Waals surface area contributed by atoms with Crippen LogP contribution < -0.4 is 15.9 Å². The zero-order chi connectivity index (χ0) is 26.2. The third-order valence-corrected chi connectivity index (χ3v) is 6.94. The van der Waals surface area contributed by atoms with Crippen molar-refractivity contribution in [3.05, 3.63) is 91.9 Å². The molecule has 2 aromatic carbocycles. The highest BCUT2D eigenvalue weighted by atomic mass is 35.5. The lowest BCUT2D eigenvalue weighted by Crippen LogP contribution is -2.47. The number of alkyl halides is 3. The van der Waals surface area contributed by atoms with Gasteiger partial charge >= 0.3 is 6.18 Å². The first-order valence-electron chi connectivity index (χ1n) is 12.1. The van der Waals surface area contributed by atoms with E-state index in [1.807, 2.05) is 5.01 Å². The van der Waals surface area contributed by atoms with Gasteiger partial charge in [0, 0.05) is 43.2 Å². The first kappa shape index (κ1) is 25.1. The third kappa shape index (κ3) is 5.29. The number of anilines is 1. The molecule has 2 aliphatic heterocycles. The van der Waals surface area contributed by atoms with Gasteiger partial charge in [0.2, 0.25) is 5.95 Å². The highest BCUT2D eigenvalue weighted by molar-refractivity contribution is 6.30. The second-order valence-electron chi connectivity index (χ2n) is 9.17. The minimum atomic E-state index is -4.40. The molecule has 2 aliphatic rings. The Hall–Kier alpha value is -3.53. The fourth-order valence-electron chi connectivity index (χ4n) is 4.68. The maximum absolute atomic E-state index is 13.7. The highest BCUT2D eigenvalue weighted by Gasteiger charge is 2.31. The van der Waals surface area contributed by atoms with Crippen LogP contribution in [0.15, 0.2) is 53.3 Å². The molecule has 0 aliphatic carbocycles. The molecular formula is C26H25ClF3N5O2. The van der Waals surface area contributed by atoms with Crippen molar-refractivity contribution in [2.45, 2.75) is 38.5 Å². The van der Waals surface area contributed by atoms with Crippen molar-refractivity contribution >= 4 is 23.5 Å². The summed E-state index contributed by atoms with van der Waals surface area (Å²) in [5.74, 6) is 0.168. The van der Waals surface area contributed by atoms with Crippen molar-refractivity contribution in [1.82, 2.24) is 14.6 Å². The van der Waals surface area contributed by atoms with E-state index in [0.29, 0.717) is 59.4 Å². The molecule has 1 N–H and O–H groups in total. The number of aromatic nitrogens is 2. The van der Waals surface area contributed by atoms with Gasteiger partial charge in [-0.15, -0.1) is 0 Å². The Bertz CT molecular complexity index is 1350. The quantitative estimate of drug-likeness (QED) is 0.526. The molecule has 1 amide bonds. The van der Waals surface area contributed by atoms with Crippen LogP contribution in [0.5, 0.6) is 0 Å². The van der Waals surface area contributed by atoms with Gasteiger partial charge in [0.25, 0.3) is 11.5 Å².